The van der Waals surface area contributed by atoms with E-state index in [0.717, 1.165) is 10.9 Å². The van der Waals surface area contributed by atoms with Gasteiger partial charge in [-0.05, 0) is 30.0 Å². The number of hydroxylamine groups is 2. The van der Waals surface area contributed by atoms with Gasteiger partial charge in [0.2, 0.25) is 0 Å². The second-order valence-electron chi connectivity index (χ2n) is 4.08. The van der Waals surface area contributed by atoms with Gasteiger partial charge in [0.25, 0.3) is 11.8 Å². The van der Waals surface area contributed by atoms with Crippen LogP contribution in [0.2, 0.25) is 0 Å². The Kier molecular flexibility index (Phi) is 1.85. The molecule has 1 heterocycles. The van der Waals surface area contributed by atoms with Crippen LogP contribution in [-0.2, 0) is 0 Å². The normalized spacial score (nSPS) is 14.6. The minimum Gasteiger partial charge on any atom is -0.278 e. The van der Waals surface area contributed by atoms with Crippen molar-refractivity contribution in [3.63, 3.8) is 0 Å². The Bertz CT molecular complexity index is 653. The molecule has 0 radical (unpaired) electrons. The molecule has 17 heavy (non-hydrogen) atoms. The van der Waals surface area contributed by atoms with E-state index >= 15 is 0 Å². The summed E-state index contributed by atoms with van der Waals surface area (Å²) in [5, 5.41) is 11.1. The van der Waals surface area contributed by atoms with Gasteiger partial charge in [-0.1, -0.05) is 18.2 Å². The Morgan fingerprint density at radius 1 is 1.00 bits per heavy atom. The zero-order valence-electron chi connectivity index (χ0n) is 9.10. The average molecular weight is 227 g/mol. The number of amides is 2. The highest BCUT2D eigenvalue weighted by atomic mass is 16.5. The maximum Gasteiger partial charge on any atom is 0.285 e. The SMILES string of the molecule is Cc1ccc2c3c(cccc13)C(=O)N(O)C2=O. The summed E-state index contributed by atoms with van der Waals surface area (Å²) in [6, 6.07) is 8.67. The number of hydrogen-bond acceptors (Lipinski definition) is 3. The van der Waals surface area contributed by atoms with Crippen LogP contribution in [0.3, 0.4) is 0 Å². The van der Waals surface area contributed by atoms with Crippen molar-refractivity contribution < 1.29 is 14.8 Å². The molecule has 0 aromatic heterocycles. The van der Waals surface area contributed by atoms with E-state index in [2.05, 4.69) is 0 Å². The number of nitrogens with zero attached hydrogens (tertiary/aromatic N) is 1. The summed E-state index contributed by atoms with van der Waals surface area (Å²) in [7, 11) is 0. The lowest BCUT2D eigenvalue weighted by Crippen LogP contribution is -2.37. The summed E-state index contributed by atoms with van der Waals surface area (Å²) < 4.78 is 0. The van der Waals surface area contributed by atoms with E-state index in [1.165, 1.54) is 0 Å². The first-order valence-corrected chi connectivity index (χ1v) is 5.21. The maximum absolute atomic E-state index is 11.8. The predicted octanol–water partition coefficient (Wildman–Crippen LogP) is 2.13. The Balaban J connectivity index is 2.54. The third-order valence-corrected chi connectivity index (χ3v) is 3.10. The highest BCUT2D eigenvalue weighted by molar-refractivity contribution is 6.25. The van der Waals surface area contributed by atoms with Crippen molar-refractivity contribution in [2.24, 2.45) is 0 Å². The van der Waals surface area contributed by atoms with Gasteiger partial charge in [-0.3, -0.25) is 14.8 Å². The fourth-order valence-corrected chi connectivity index (χ4v) is 2.23. The third kappa shape index (κ3) is 1.15. The largest absolute Gasteiger partial charge is 0.285 e. The molecule has 0 unspecified atom stereocenters. The molecular weight excluding hydrogens is 218 g/mol. The topological polar surface area (TPSA) is 57.6 Å². The summed E-state index contributed by atoms with van der Waals surface area (Å²) in [5.41, 5.74) is 1.73. The van der Waals surface area contributed by atoms with Crippen LogP contribution in [0.1, 0.15) is 26.3 Å². The molecule has 0 aliphatic carbocycles. The molecule has 2 aromatic carbocycles. The van der Waals surface area contributed by atoms with Crippen molar-refractivity contribution in [1.29, 1.82) is 0 Å². The number of hydrogen-bond donors (Lipinski definition) is 1. The lowest BCUT2D eigenvalue weighted by atomic mass is 9.92. The van der Waals surface area contributed by atoms with Crippen LogP contribution >= 0.6 is 0 Å². The maximum atomic E-state index is 11.8. The van der Waals surface area contributed by atoms with Gasteiger partial charge in [-0.15, -0.1) is 5.06 Å². The number of carbonyl (C=O) groups excluding carboxylic acids is 2. The standard InChI is InChI=1S/C13H9NO3/c1-7-5-6-10-11-8(7)3-2-4-9(11)12(15)14(17)13(10)16/h2-6,17H,1H3. The Hall–Kier alpha value is -2.20. The van der Waals surface area contributed by atoms with Gasteiger partial charge >= 0.3 is 0 Å². The summed E-state index contributed by atoms with van der Waals surface area (Å²) >= 11 is 0. The van der Waals surface area contributed by atoms with Crippen LogP contribution in [-0.4, -0.2) is 22.1 Å². The number of imide groups is 1. The van der Waals surface area contributed by atoms with Crippen molar-refractivity contribution in [3.8, 4) is 0 Å². The van der Waals surface area contributed by atoms with Crippen LogP contribution in [0.25, 0.3) is 10.8 Å². The third-order valence-electron chi connectivity index (χ3n) is 3.10. The first kappa shape index (κ1) is 9.99. The van der Waals surface area contributed by atoms with Crippen molar-refractivity contribution in [3.05, 3.63) is 47.0 Å². The van der Waals surface area contributed by atoms with Gasteiger partial charge in [0, 0.05) is 5.39 Å². The summed E-state index contributed by atoms with van der Waals surface area (Å²) in [5.74, 6) is -1.34. The molecule has 0 saturated carbocycles. The number of carbonyl (C=O) groups is 2. The van der Waals surface area contributed by atoms with Crippen LogP contribution in [0, 0.1) is 6.92 Å². The Morgan fingerprint density at radius 3 is 2.35 bits per heavy atom. The molecular formula is C13H9NO3. The molecule has 1 N–H and O–H groups in total. The molecule has 3 rings (SSSR count). The second kappa shape index (κ2) is 3.15. The molecule has 2 amide bonds. The predicted molar refractivity (Wildman–Crippen MR) is 61.0 cm³/mol. The molecule has 0 atom stereocenters. The summed E-state index contributed by atoms with van der Waals surface area (Å²) in [6.07, 6.45) is 0. The minimum atomic E-state index is -0.668. The van der Waals surface area contributed by atoms with Gasteiger partial charge in [0.15, 0.2) is 0 Å². The van der Waals surface area contributed by atoms with Gasteiger partial charge in [0.1, 0.15) is 0 Å². The molecule has 0 saturated heterocycles. The van der Waals surface area contributed by atoms with E-state index in [1.54, 1.807) is 18.2 Å². The highest BCUT2D eigenvalue weighted by Crippen LogP contribution is 2.30. The van der Waals surface area contributed by atoms with Crippen LogP contribution in [0.15, 0.2) is 30.3 Å². The first-order valence-electron chi connectivity index (χ1n) is 5.21. The van der Waals surface area contributed by atoms with Crippen molar-refractivity contribution in [2.75, 3.05) is 0 Å². The van der Waals surface area contributed by atoms with Crippen LogP contribution in [0.5, 0.6) is 0 Å². The van der Waals surface area contributed by atoms with E-state index < -0.39 is 11.8 Å². The zero-order chi connectivity index (χ0) is 12.2. The Morgan fingerprint density at radius 2 is 1.65 bits per heavy atom. The molecule has 4 heteroatoms. The van der Waals surface area contributed by atoms with Gasteiger partial charge in [-0.2, -0.15) is 0 Å². The molecule has 4 nitrogen and oxygen atoms in total. The fourth-order valence-electron chi connectivity index (χ4n) is 2.23. The quantitative estimate of drug-likeness (QED) is 0.554. The molecule has 0 bridgehead atoms. The van der Waals surface area contributed by atoms with Crippen molar-refractivity contribution in [1.82, 2.24) is 5.06 Å². The van der Waals surface area contributed by atoms with Crippen molar-refractivity contribution in [2.45, 2.75) is 6.92 Å². The van der Waals surface area contributed by atoms with Crippen molar-refractivity contribution >= 4 is 22.6 Å². The lowest BCUT2D eigenvalue weighted by Gasteiger charge is -2.22. The Labute approximate surface area is 97.0 Å². The monoisotopic (exact) mass is 227 g/mol. The van der Waals surface area contributed by atoms with E-state index in [9.17, 15) is 14.8 Å². The van der Waals surface area contributed by atoms with E-state index in [4.69, 9.17) is 0 Å². The smallest absolute Gasteiger partial charge is 0.278 e. The summed E-state index contributed by atoms with van der Waals surface area (Å²) in [6.45, 7) is 1.92. The second-order valence-corrected chi connectivity index (χ2v) is 4.08. The van der Waals surface area contributed by atoms with E-state index in [0.29, 0.717) is 16.5 Å². The van der Waals surface area contributed by atoms with E-state index in [1.807, 2.05) is 19.1 Å². The fraction of sp³-hybridized carbons (Fsp3) is 0.0769. The molecule has 1 aliphatic heterocycles. The van der Waals surface area contributed by atoms with E-state index in [-0.39, 0.29) is 5.06 Å². The van der Waals surface area contributed by atoms with Gasteiger partial charge in [0.05, 0.1) is 11.1 Å². The first-order chi connectivity index (χ1) is 8.11. The van der Waals surface area contributed by atoms with Gasteiger partial charge in [-0.25, -0.2) is 0 Å². The molecule has 84 valence electrons. The highest BCUT2D eigenvalue weighted by Gasteiger charge is 2.31. The summed E-state index contributed by atoms with van der Waals surface area (Å²) in [4.78, 5) is 23.6. The number of aryl methyl sites for hydroxylation is 1. The van der Waals surface area contributed by atoms with Gasteiger partial charge < -0.3 is 0 Å². The number of rotatable bonds is 0. The molecule has 1 aliphatic rings. The van der Waals surface area contributed by atoms with Crippen LogP contribution in [0.4, 0.5) is 0 Å². The zero-order valence-corrected chi connectivity index (χ0v) is 9.10. The average Bonchev–Trinajstić information content (AvgIpc) is 2.35. The van der Waals surface area contributed by atoms with Crippen LogP contribution < -0.4 is 0 Å². The molecule has 0 spiro atoms. The lowest BCUT2D eigenvalue weighted by molar-refractivity contribution is -0.0377. The molecule has 0 fully saturated rings. The number of benzene rings is 2. The molecule has 2 aromatic rings. The minimum absolute atomic E-state index is 0.173.